The van der Waals surface area contributed by atoms with Crippen molar-refractivity contribution in [3.8, 4) is 0 Å². The van der Waals surface area contributed by atoms with E-state index in [9.17, 15) is 22.0 Å². The van der Waals surface area contributed by atoms with Crippen LogP contribution in [0.3, 0.4) is 0 Å². The smallest absolute Gasteiger partial charge is 0.337 e. The van der Waals surface area contributed by atoms with Gasteiger partial charge in [-0.05, 0) is 24.6 Å². The first-order valence-corrected chi connectivity index (χ1v) is 7.38. The van der Waals surface area contributed by atoms with Crippen molar-refractivity contribution >= 4 is 16.0 Å². The average Bonchev–Trinajstić information content (AvgIpc) is 2.45. The molecule has 0 aromatic heterocycles. The Bertz CT molecular complexity index is 632. The summed E-state index contributed by atoms with van der Waals surface area (Å²) in [6, 6.07) is 3.85. The summed E-state index contributed by atoms with van der Waals surface area (Å²) in [7, 11) is -3.04. The van der Waals surface area contributed by atoms with E-state index in [0.717, 1.165) is 13.2 Å². The Morgan fingerprint density at radius 2 is 2.05 bits per heavy atom. The molecule has 1 aromatic carbocycles. The number of alkyl halides is 2. The predicted molar refractivity (Wildman–Crippen MR) is 71.7 cm³/mol. The molecule has 1 aromatic rings. The highest BCUT2D eigenvalue weighted by Gasteiger charge is 2.30. The van der Waals surface area contributed by atoms with Gasteiger partial charge in [-0.25, -0.2) is 26.7 Å². The number of sulfonamides is 1. The fraction of sp³-hybridized carbons (Fsp3) is 0.417. The number of esters is 1. The molecule has 0 atom stereocenters. The number of benzene rings is 1. The summed E-state index contributed by atoms with van der Waals surface area (Å²) in [5.74, 6) is -4.07. The number of aryl methyl sites for hydroxylation is 1. The van der Waals surface area contributed by atoms with Gasteiger partial charge in [0.2, 0.25) is 10.0 Å². The Kier molecular flexibility index (Phi) is 5.37. The number of methoxy groups -OCH3 is 1. The number of ether oxygens (including phenoxy) is 1. The molecule has 0 heterocycles. The maximum Gasteiger partial charge on any atom is 0.337 e. The lowest BCUT2D eigenvalue weighted by atomic mass is 10.1. The molecule has 1 rings (SSSR count). The van der Waals surface area contributed by atoms with Crippen molar-refractivity contribution in [2.75, 3.05) is 20.2 Å². The van der Waals surface area contributed by atoms with E-state index < -0.39 is 35.0 Å². The minimum atomic E-state index is -4.19. The van der Waals surface area contributed by atoms with Crippen molar-refractivity contribution in [3.05, 3.63) is 29.3 Å². The molecule has 0 aliphatic heterocycles. The molecule has 0 saturated heterocycles. The van der Waals surface area contributed by atoms with E-state index in [4.69, 9.17) is 5.73 Å². The van der Waals surface area contributed by atoms with Gasteiger partial charge in [0.05, 0.1) is 30.7 Å². The van der Waals surface area contributed by atoms with Gasteiger partial charge in [-0.15, -0.1) is 0 Å². The Morgan fingerprint density at radius 1 is 1.43 bits per heavy atom. The Labute approximate surface area is 121 Å². The topological polar surface area (TPSA) is 98.5 Å². The number of halogens is 2. The van der Waals surface area contributed by atoms with Gasteiger partial charge in [0.25, 0.3) is 5.92 Å². The molecule has 0 aliphatic rings. The fourth-order valence-corrected chi connectivity index (χ4v) is 2.82. The van der Waals surface area contributed by atoms with Gasteiger partial charge < -0.3 is 10.5 Å². The Morgan fingerprint density at radius 3 is 2.57 bits per heavy atom. The standard InChI is InChI=1S/C12H16F2N2O4S/c1-8-3-4-9(11(17)20-2)5-10(8)21(18,19)16-7-12(13,14)6-15/h3-5,16H,6-7,15H2,1-2H3. The molecule has 0 radical (unpaired) electrons. The molecule has 0 amide bonds. The van der Waals surface area contributed by atoms with Gasteiger partial charge in [-0.1, -0.05) is 6.07 Å². The van der Waals surface area contributed by atoms with E-state index in [-0.39, 0.29) is 10.5 Å². The van der Waals surface area contributed by atoms with Crippen LogP contribution in [0.4, 0.5) is 8.78 Å². The van der Waals surface area contributed by atoms with E-state index in [1.54, 1.807) is 4.72 Å². The van der Waals surface area contributed by atoms with Crippen LogP contribution in [0.5, 0.6) is 0 Å². The number of nitrogens with one attached hydrogen (secondary N) is 1. The SMILES string of the molecule is COC(=O)c1ccc(C)c(S(=O)(=O)NCC(F)(F)CN)c1. The van der Waals surface area contributed by atoms with Crippen LogP contribution in [0.1, 0.15) is 15.9 Å². The monoisotopic (exact) mass is 322 g/mol. The summed E-state index contributed by atoms with van der Waals surface area (Å²) in [6.45, 7) is -0.610. The zero-order valence-electron chi connectivity index (χ0n) is 11.5. The largest absolute Gasteiger partial charge is 0.465 e. The van der Waals surface area contributed by atoms with Crippen LogP contribution >= 0.6 is 0 Å². The number of carbonyl (C=O) groups excluding carboxylic acids is 1. The quantitative estimate of drug-likeness (QED) is 0.750. The van der Waals surface area contributed by atoms with Crippen molar-refractivity contribution in [1.29, 1.82) is 0 Å². The molecular weight excluding hydrogens is 306 g/mol. The summed E-state index contributed by atoms with van der Waals surface area (Å²) in [5, 5.41) is 0. The van der Waals surface area contributed by atoms with E-state index in [1.807, 2.05) is 0 Å². The van der Waals surface area contributed by atoms with Crippen LogP contribution < -0.4 is 10.5 Å². The van der Waals surface area contributed by atoms with E-state index in [2.05, 4.69) is 4.74 Å². The van der Waals surface area contributed by atoms with Crippen LogP contribution in [-0.4, -0.2) is 40.5 Å². The van der Waals surface area contributed by atoms with Gasteiger partial charge in [0.1, 0.15) is 0 Å². The highest BCUT2D eigenvalue weighted by molar-refractivity contribution is 7.89. The normalized spacial score (nSPS) is 12.2. The molecule has 6 nitrogen and oxygen atoms in total. The third-order valence-electron chi connectivity index (χ3n) is 2.72. The molecular formula is C12H16F2N2O4S. The lowest BCUT2D eigenvalue weighted by Gasteiger charge is -2.16. The third-order valence-corrected chi connectivity index (χ3v) is 4.26. The lowest BCUT2D eigenvalue weighted by molar-refractivity contribution is 0.0170. The minimum absolute atomic E-state index is 0.00839. The molecule has 0 fully saturated rings. The van der Waals surface area contributed by atoms with E-state index in [0.29, 0.717) is 5.56 Å². The second-order valence-electron chi connectivity index (χ2n) is 4.36. The van der Waals surface area contributed by atoms with Crippen LogP contribution in [-0.2, 0) is 14.8 Å². The number of hydrogen-bond donors (Lipinski definition) is 2. The van der Waals surface area contributed by atoms with Gasteiger partial charge in [0.15, 0.2) is 0 Å². The molecule has 0 bridgehead atoms. The van der Waals surface area contributed by atoms with Gasteiger partial charge in [-0.3, -0.25) is 0 Å². The predicted octanol–water partition coefficient (Wildman–Crippen LogP) is 0.654. The highest BCUT2D eigenvalue weighted by atomic mass is 32.2. The summed E-state index contributed by atoms with van der Waals surface area (Å²) < 4.78 is 56.4. The van der Waals surface area contributed by atoms with Crippen LogP contribution in [0.15, 0.2) is 23.1 Å². The molecule has 0 unspecified atom stereocenters. The van der Waals surface area contributed by atoms with Gasteiger partial charge >= 0.3 is 5.97 Å². The second kappa shape index (κ2) is 6.46. The van der Waals surface area contributed by atoms with Crippen molar-refractivity contribution in [2.45, 2.75) is 17.7 Å². The van der Waals surface area contributed by atoms with Crippen molar-refractivity contribution in [3.63, 3.8) is 0 Å². The van der Waals surface area contributed by atoms with Crippen molar-refractivity contribution < 1.29 is 26.7 Å². The maximum absolute atomic E-state index is 13.0. The maximum atomic E-state index is 13.0. The van der Waals surface area contributed by atoms with Crippen LogP contribution in [0.2, 0.25) is 0 Å². The second-order valence-corrected chi connectivity index (χ2v) is 6.09. The highest BCUT2D eigenvalue weighted by Crippen LogP contribution is 2.19. The van der Waals surface area contributed by atoms with E-state index >= 15 is 0 Å². The average molecular weight is 322 g/mol. The summed E-state index contributed by atoms with van der Waals surface area (Å²) >= 11 is 0. The van der Waals surface area contributed by atoms with E-state index in [1.165, 1.54) is 19.1 Å². The zero-order chi connectivity index (χ0) is 16.3. The Hall–Kier alpha value is -1.58. The first kappa shape index (κ1) is 17.5. The summed E-state index contributed by atoms with van der Waals surface area (Å²) in [4.78, 5) is 11.1. The first-order valence-electron chi connectivity index (χ1n) is 5.89. The van der Waals surface area contributed by atoms with Crippen molar-refractivity contribution in [1.82, 2.24) is 4.72 Å². The number of nitrogens with two attached hydrogens (primary N) is 1. The molecule has 9 heteroatoms. The summed E-state index contributed by atoms with van der Waals surface area (Å²) in [6.07, 6.45) is 0. The molecule has 0 spiro atoms. The molecule has 21 heavy (non-hydrogen) atoms. The van der Waals surface area contributed by atoms with Crippen molar-refractivity contribution in [2.24, 2.45) is 5.73 Å². The van der Waals surface area contributed by atoms with Gasteiger partial charge in [-0.2, -0.15) is 0 Å². The number of carbonyl (C=O) groups is 1. The first-order chi connectivity index (χ1) is 9.63. The fourth-order valence-electron chi connectivity index (χ4n) is 1.48. The minimum Gasteiger partial charge on any atom is -0.465 e. The number of hydrogen-bond acceptors (Lipinski definition) is 5. The summed E-state index contributed by atoms with van der Waals surface area (Å²) in [5.41, 5.74) is 5.16. The zero-order valence-corrected chi connectivity index (χ0v) is 12.3. The molecule has 118 valence electrons. The Balaban J connectivity index is 3.10. The molecule has 0 aliphatic carbocycles. The van der Waals surface area contributed by atoms with Crippen LogP contribution in [0, 0.1) is 6.92 Å². The third kappa shape index (κ3) is 4.45. The molecule has 0 saturated carbocycles. The molecule has 3 N–H and O–H groups in total. The lowest BCUT2D eigenvalue weighted by Crippen LogP contribution is -2.41. The van der Waals surface area contributed by atoms with Gasteiger partial charge in [0, 0.05) is 0 Å². The number of rotatable bonds is 6. The van der Waals surface area contributed by atoms with Crippen LogP contribution in [0.25, 0.3) is 0 Å².